The van der Waals surface area contributed by atoms with Crippen LogP contribution in [0.1, 0.15) is 41.0 Å². The summed E-state index contributed by atoms with van der Waals surface area (Å²) in [5, 5.41) is 9.46. The minimum Gasteiger partial charge on any atom is -0.452 e. The molecule has 0 aliphatic rings. The molecule has 1 aromatic heterocycles. The zero-order chi connectivity index (χ0) is 21.6. The molecule has 0 aliphatic carbocycles. The van der Waals surface area contributed by atoms with Gasteiger partial charge in [0.15, 0.2) is 6.61 Å². The number of nitrogens with one attached hydrogen (secondary N) is 2. The first kappa shape index (κ1) is 22.4. The Kier molecular flexibility index (Phi) is 7.78. The van der Waals surface area contributed by atoms with E-state index in [0.717, 1.165) is 11.1 Å². The monoisotopic (exact) mass is 420 g/mol. The van der Waals surface area contributed by atoms with Crippen molar-refractivity contribution in [1.82, 2.24) is 20.4 Å². The topological polar surface area (TPSA) is 102 Å². The van der Waals surface area contributed by atoms with Crippen LogP contribution >= 0.6 is 11.6 Å². The smallest absolute Gasteiger partial charge is 0.343 e. The predicted octanol–water partition coefficient (Wildman–Crippen LogP) is 2.00. The van der Waals surface area contributed by atoms with Gasteiger partial charge in [-0.15, -0.1) is 0 Å². The molecule has 2 rings (SSSR count). The number of rotatable bonds is 8. The van der Waals surface area contributed by atoms with Gasteiger partial charge in [0.25, 0.3) is 5.91 Å². The quantitative estimate of drug-likeness (QED) is 0.636. The first-order valence-electron chi connectivity index (χ1n) is 9.19. The maximum atomic E-state index is 12.4. The van der Waals surface area contributed by atoms with Crippen molar-refractivity contribution < 1.29 is 19.1 Å². The summed E-state index contributed by atoms with van der Waals surface area (Å²) in [5.74, 6) is -1.65. The van der Waals surface area contributed by atoms with Crippen LogP contribution in [0.3, 0.4) is 0 Å². The number of hydrogen-bond acceptors (Lipinski definition) is 5. The predicted molar refractivity (Wildman–Crippen MR) is 109 cm³/mol. The summed E-state index contributed by atoms with van der Waals surface area (Å²) in [6.45, 7) is 6.95. The van der Waals surface area contributed by atoms with Crippen LogP contribution < -0.4 is 10.6 Å². The lowest BCUT2D eigenvalue weighted by Crippen LogP contribution is -2.41. The van der Waals surface area contributed by atoms with Gasteiger partial charge in [-0.05, 0) is 33.3 Å². The highest BCUT2D eigenvalue weighted by atomic mass is 35.5. The second-order valence-electron chi connectivity index (χ2n) is 6.97. The second kappa shape index (κ2) is 10.1. The van der Waals surface area contributed by atoms with E-state index in [0.29, 0.717) is 12.2 Å². The van der Waals surface area contributed by atoms with Crippen molar-refractivity contribution in [2.45, 2.75) is 40.3 Å². The molecule has 2 amide bonds. The molecule has 0 saturated carbocycles. The molecule has 0 radical (unpaired) electrons. The zero-order valence-corrected chi connectivity index (χ0v) is 17.7. The number of nitrogens with zero attached hydrogens (tertiary/aromatic N) is 2. The molecular formula is C20H25ClN4O4. The van der Waals surface area contributed by atoms with Gasteiger partial charge in [0.1, 0.15) is 10.7 Å². The van der Waals surface area contributed by atoms with Gasteiger partial charge in [0, 0.05) is 6.04 Å². The SMILES string of the molecule is Cc1ccc(Cn2nc(C)c(C(=O)OCC(=O)NCC(=O)NC(C)C)c2Cl)cc1. The second-order valence-corrected chi connectivity index (χ2v) is 7.33. The molecule has 0 atom stereocenters. The van der Waals surface area contributed by atoms with Crippen molar-refractivity contribution in [2.75, 3.05) is 13.2 Å². The van der Waals surface area contributed by atoms with Crippen LogP contribution in [0.25, 0.3) is 0 Å². The summed E-state index contributed by atoms with van der Waals surface area (Å²) in [5.41, 5.74) is 2.65. The highest BCUT2D eigenvalue weighted by molar-refractivity contribution is 6.32. The molecule has 9 heteroatoms. The van der Waals surface area contributed by atoms with Gasteiger partial charge in [-0.1, -0.05) is 41.4 Å². The van der Waals surface area contributed by atoms with Crippen molar-refractivity contribution >= 4 is 29.4 Å². The molecule has 156 valence electrons. The van der Waals surface area contributed by atoms with E-state index < -0.39 is 18.5 Å². The Bertz CT molecular complexity index is 891. The summed E-state index contributed by atoms with van der Waals surface area (Å²) in [6, 6.07) is 7.85. The third kappa shape index (κ3) is 6.60. The van der Waals surface area contributed by atoms with E-state index in [-0.39, 0.29) is 29.2 Å². The maximum Gasteiger partial charge on any atom is 0.343 e. The average molecular weight is 421 g/mol. The summed E-state index contributed by atoms with van der Waals surface area (Å²) in [7, 11) is 0. The van der Waals surface area contributed by atoms with Gasteiger partial charge < -0.3 is 15.4 Å². The third-order valence-corrected chi connectivity index (χ3v) is 4.34. The minimum absolute atomic E-state index is 0.0289. The number of aromatic nitrogens is 2. The van der Waals surface area contributed by atoms with Gasteiger partial charge >= 0.3 is 5.97 Å². The Morgan fingerprint density at radius 2 is 1.79 bits per heavy atom. The molecule has 8 nitrogen and oxygen atoms in total. The normalized spacial score (nSPS) is 10.7. The Labute approximate surface area is 174 Å². The molecule has 0 saturated heterocycles. The lowest BCUT2D eigenvalue weighted by Gasteiger charge is -2.09. The molecule has 1 heterocycles. The Hall–Kier alpha value is -2.87. The van der Waals surface area contributed by atoms with Crippen molar-refractivity contribution in [1.29, 1.82) is 0 Å². The van der Waals surface area contributed by atoms with E-state index >= 15 is 0 Å². The lowest BCUT2D eigenvalue weighted by molar-refractivity contribution is -0.128. The lowest BCUT2D eigenvalue weighted by atomic mass is 10.1. The fraction of sp³-hybridized carbons (Fsp3) is 0.400. The summed E-state index contributed by atoms with van der Waals surface area (Å²) in [6.07, 6.45) is 0. The number of hydrogen-bond donors (Lipinski definition) is 2. The van der Waals surface area contributed by atoms with Crippen molar-refractivity contribution in [3.8, 4) is 0 Å². The zero-order valence-electron chi connectivity index (χ0n) is 16.9. The fourth-order valence-corrected chi connectivity index (χ4v) is 2.87. The molecule has 0 unspecified atom stereocenters. The highest BCUT2D eigenvalue weighted by Crippen LogP contribution is 2.22. The molecule has 2 aromatic rings. The number of carbonyl (C=O) groups is 3. The first-order chi connectivity index (χ1) is 13.7. The van der Waals surface area contributed by atoms with Crippen molar-refractivity contribution in [2.24, 2.45) is 0 Å². The number of amides is 2. The van der Waals surface area contributed by atoms with Crippen LogP contribution in [-0.4, -0.2) is 46.8 Å². The Balaban J connectivity index is 1.93. The molecular weight excluding hydrogens is 396 g/mol. The summed E-state index contributed by atoms with van der Waals surface area (Å²) >= 11 is 6.32. The van der Waals surface area contributed by atoms with Gasteiger partial charge in [-0.3, -0.25) is 9.59 Å². The number of aryl methyl sites for hydroxylation is 2. The molecule has 0 aliphatic heterocycles. The fourth-order valence-electron chi connectivity index (χ4n) is 2.56. The number of ether oxygens (including phenoxy) is 1. The molecule has 0 spiro atoms. The van der Waals surface area contributed by atoms with Crippen LogP contribution in [0.4, 0.5) is 0 Å². The van der Waals surface area contributed by atoms with E-state index in [1.807, 2.05) is 45.0 Å². The van der Waals surface area contributed by atoms with Gasteiger partial charge in [-0.2, -0.15) is 5.10 Å². The van der Waals surface area contributed by atoms with Crippen LogP contribution in [0.15, 0.2) is 24.3 Å². The van der Waals surface area contributed by atoms with Gasteiger partial charge in [0.05, 0.1) is 18.8 Å². The Morgan fingerprint density at radius 3 is 2.41 bits per heavy atom. The first-order valence-corrected chi connectivity index (χ1v) is 9.56. The van der Waals surface area contributed by atoms with Gasteiger partial charge in [-0.25, -0.2) is 9.48 Å². The van der Waals surface area contributed by atoms with E-state index in [1.54, 1.807) is 6.92 Å². The van der Waals surface area contributed by atoms with E-state index in [2.05, 4.69) is 15.7 Å². The summed E-state index contributed by atoms with van der Waals surface area (Å²) in [4.78, 5) is 35.7. The molecule has 29 heavy (non-hydrogen) atoms. The van der Waals surface area contributed by atoms with Crippen LogP contribution in [0.5, 0.6) is 0 Å². The number of esters is 1. The molecule has 0 bridgehead atoms. The standard InChI is InChI=1S/C20H25ClN4O4/c1-12(2)23-16(26)9-22-17(27)11-29-20(28)18-14(4)24-25(19(18)21)10-15-7-5-13(3)6-8-15/h5-8,12H,9-11H2,1-4H3,(H,22,27)(H,23,26). The number of halogens is 1. The van der Waals surface area contributed by atoms with Crippen LogP contribution in [0, 0.1) is 13.8 Å². The van der Waals surface area contributed by atoms with Crippen molar-refractivity contribution in [3.05, 3.63) is 51.8 Å². The Morgan fingerprint density at radius 1 is 1.14 bits per heavy atom. The maximum absolute atomic E-state index is 12.4. The minimum atomic E-state index is -0.746. The van der Waals surface area contributed by atoms with E-state index in [1.165, 1.54) is 4.68 Å². The largest absolute Gasteiger partial charge is 0.452 e. The van der Waals surface area contributed by atoms with E-state index in [9.17, 15) is 14.4 Å². The highest BCUT2D eigenvalue weighted by Gasteiger charge is 2.22. The molecule has 2 N–H and O–H groups in total. The number of carbonyl (C=O) groups excluding carboxylic acids is 3. The van der Waals surface area contributed by atoms with E-state index in [4.69, 9.17) is 16.3 Å². The number of benzene rings is 1. The van der Waals surface area contributed by atoms with Crippen LogP contribution in [-0.2, 0) is 20.9 Å². The molecule has 0 fully saturated rings. The summed E-state index contributed by atoms with van der Waals surface area (Å²) < 4.78 is 6.53. The average Bonchev–Trinajstić information content (AvgIpc) is 2.92. The van der Waals surface area contributed by atoms with Gasteiger partial charge in [0.2, 0.25) is 5.91 Å². The van der Waals surface area contributed by atoms with Crippen LogP contribution in [0.2, 0.25) is 5.15 Å². The van der Waals surface area contributed by atoms with Crippen molar-refractivity contribution in [3.63, 3.8) is 0 Å². The molecule has 1 aromatic carbocycles. The third-order valence-electron chi connectivity index (χ3n) is 3.95.